The monoisotopic (exact) mass is 577 g/mol. The molecule has 1 aromatic heterocycles. The largest absolute Gasteiger partial charge is 0.383 e. The fraction of sp³-hybridized carbons (Fsp3) is 0.290. The quantitative estimate of drug-likeness (QED) is 0.147. The summed E-state index contributed by atoms with van der Waals surface area (Å²) in [5, 5.41) is 0. The Morgan fingerprint density at radius 2 is 1.32 bits per heavy atom. The Bertz CT molecular complexity index is 1360. The molecule has 0 bridgehead atoms. The van der Waals surface area contributed by atoms with Gasteiger partial charge in [-0.1, -0.05) is 91.0 Å². The molecule has 216 valence electrons. The van der Waals surface area contributed by atoms with Gasteiger partial charge in [0.15, 0.2) is 0 Å². The highest BCUT2D eigenvalue weighted by Gasteiger charge is 2.38. The maximum atomic E-state index is 13.2. The van der Waals surface area contributed by atoms with E-state index in [1.165, 1.54) is 10.6 Å². The van der Waals surface area contributed by atoms with Crippen LogP contribution in [0.5, 0.6) is 0 Å². The van der Waals surface area contributed by atoms with Gasteiger partial charge in [0.1, 0.15) is 17.8 Å². The van der Waals surface area contributed by atoms with Gasteiger partial charge in [-0.15, -0.1) is 0 Å². The molecular weight excluding hydrogens is 541 g/mol. The highest BCUT2D eigenvalue weighted by Crippen LogP contribution is 2.48. The second kappa shape index (κ2) is 14.3. The first-order valence-electron chi connectivity index (χ1n) is 13.5. The fourth-order valence-electron chi connectivity index (χ4n) is 4.64. The van der Waals surface area contributed by atoms with E-state index < -0.39 is 25.0 Å². The van der Waals surface area contributed by atoms with Gasteiger partial charge in [0.2, 0.25) is 0 Å². The van der Waals surface area contributed by atoms with Gasteiger partial charge in [-0.3, -0.25) is 9.13 Å². The van der Waals surface area contributed by atoms with Gasteiger partial charge in [-0.25, -0.2) is 4.79 Å². The van der Waals surface area contributed by atoms with Crippen molar-refractivity contribution in [2.24, 2.45) is 0 Å². The van der Waals surface area contributed by atoms with Crippen molar-refractivity contribution in [2.45, 2.75) is 32.1 Å². The van der Waals surface area contributed by atoms with Crippen LogP contribution in [0, 0.1) is 0 Å². The predicted octanol–water partition coefficient (Wildman–Crippen LogP) is 5.44. The summed E-state index contributed by atoms with van der Waals surface area (Å²) in [4.78, 5) is 16.4. The number of nitrogens with zero attached hydrogens (tertiary/aromatic N) is 2. The Hall–Kier alpha value is -3.59. The Balaban J connectivity index is 1.74. The summed E-state index contributed by atoms with van der Waals surface area (Å²) in [6.07, 6.45) is 0.502. The molecule has 0 aliphatic heterocycles. The van der Waals surface area contributed by atoms with Crippen LogP contribution in [0.3, 0.4) is 0 Å². The van der Waals surface area contributed by atoms with Gasteiger partial charge in [-0.2, -0.15) is 4.98 Å². The molecule has 3 aromatic carbocycles. The first-order chi connectivity index (χ1) is 19.9. The zero-order valence-corrected chi connectivity index (χ0v) is 24.2. The van der Waals surface area contributed by atoms with Crippen molar-refractivity contribution in [1.82, 2.24) is 9.55 Å². The number of benzene rings is 3. The Morgan fingerprint density at radius 3 is 1.76 bits per heavy atom. The zero-order valence-electron chi connectivity index (χ0n) is 23.3. The molecule has 0 saturated carbocycles. The third kappa shape index (κ3) is 7.58. The smallest absolute Gasteiger partial charge is 0.356 e. The summed E-state index contributed by atoms with van der Waals surface area (Å²) < 4.78 is 38.5. The minimum atomic E-state index is -3.54. The van der Waals surface area contributed by atoms with Crippen LogP contribution in [0.4, 0.5) is 5.82 Å². The first-order valence-corrected chi connectivity index (χ1v) is 15.3. The molecule has 4 aromatic rings. The second-order valence-electron chi connectivity index (χ2n) is 9.24. The Labute approximate surface area is 240 Å². The molecule has 10 heteroatoms. The summed E-state index contributed by atoms with van der Waals surface area (Å²) in [5.41, 5.74) is 6.90. The number of hydrogen-bond acceptors (Lipinski definition) is 8. The van der Waals surface area contributed by atoms with Crippen LogP contribution >= 0.6 is 7.60 Å². The minimum absolute atomic E-state index is 0.0216. The standard InChI is InChI=1S/C31H36N3O6P/c1-3-39-41(36,40-4-2)24-37-28(22-34-21-20-29(32)33-30(34)35)23-38-31(25-14-8-5-9-15-25,26-16-10-6-11-17-26)27-18-12-7-13-19-27/h5-21,28H,3-4,22-24H2,1-2H3,(H2,32,33,35)/t28-/m0/s1. The lowest BCUT2D eigenvalue weighted by Crippen LogP contribution is -2.39. The summed E-state index contributed by atoms with van der Waals surface area (Å²) in [7, 11) is -3.54. The molecule has 4 rings (SSSR count). The van der Waals surface area contributed by atoms with E-state index in [1.54, 1.807) is 20.0 Å². The van der Waals surface area contributed by atoms with Crippen LogP contribution < -0.4 is 11.4 Å². The van der Waals surface area contributed by atoms with E-state index in [0.717, 1.165) is 16.7 Å². The van der Waals surface area contributed by atoms with Gasteiger partial charge in [0.05, 0.1) is 32.5 Å². The normalized spacial score (nSPS) is 12.7. The molecule has 0 saturated heterocycles. The number of nitrogens with two attached hydrogens (primary N) is 1. The minimum Gasteiger partial charge on any atom is -0.383 e. The van der Waals surface area contributed by atoms with Gasteiger partial charge >= 0.3 is 13.3 Å². The second-order valence-corrected chi connectivity index (χ2v) is 11.2. The highest BCUT2D eigenvalue weighted by molar-refractivity contribution is 7.53. The van der Waals surface area contributed by atoms with E-state index in [0.29, 0.717) is 0 Å². The van der Waals surface area contributed by atoms with Crippen molar-refractivity contribution in [2.75, 3.05) is 31.9 Å². The Kier molecular flexibility index (Phi) is 10.6. The molecule has 9 nitrogen and oxygen atoms in total. The number of aromatic nitrogens is 2. The molecule has 0 amide bonds. The molecule has 2 N–H and O–H groups in total. The van der Waals surface area contributed by atoms with Crippen LogP contribution in [-0.2, 0) is 35.2 Å². The summed E-state index contributed by atoms with van der Waals surface area (Å²) in [5.74, 6) is 0.119. The summed E-state index contributed by atoms with van der Waals surface area (Å²) in [6.45, 7) is 3.96. The van der Waals surface area contributed by atoms with E-state index in [1.807, 2.05) is 91.0 Å². The Morgan fingerprint density at radius 1 is 0.829 bits per heavy atom. The molecule has 0 spiro atoms. The molecule has 0 aliphatic carbocycles. The van der Waals surface area contributed by atoms with Gasteiger partial charge in [0.25, 0.3) is 0 Å². The van der Waals surface area contributed by atoms with Crippen molar-refractivity contribution in [1.29, 1.82) is 0 Å². The van der Waals surface area contributed by atoms with E-state index >= 15 is 0 Å². The lowest BCUT2D eigenvalue weighted by Gasteiger charge is -2.37. The van der Waals surface area contributed by atoms with Crippen LogP contribution in [0.2, 0.25) is 0 Å². The van der Waals surface area contributed by atoms with Gasteiger partial charge in [-0.05, 0) is 36.6 Å². The van der Waals surface area contributed by atoms with E-state index in [2.05, 4.69) is 4.98 Å². The molecule has 0 fully saturated rings. The van der Waals surface area contributed by atoms with Crippen LogP contribution in [-0.4, -0.2) is 41.8 Å². The zero-order chi connectivity index (χ0) is 29.1. The average molecular weight is 578 g/mol. The molecule has 0 radical (unpaired) electrons. The first kappa shape index (κ1) is 30.4. The van der Waals surface area contributed by atoms with E-state index in [9.17, 15) is 9.36 Å². The third-order valence-electron chi connectivity index (χ3n) is 6.44. The number of hydrogen-bond donors (Lipinski definition) is 1. The molecule has 0 aliphatic rings. The number of rotatable bonds is 15. The number of ether oxygens (including phenoxy) is 2. The molecule has 1 heterocycles. The van der Waals surface area contributed by atoms with Crippen molar-refractivity contribution in [3.05, 3.63) is 130 Å². The highest BCUT2D eigenvalue weighted by atomic mass is 31.2. The van der Waals surface area contributed by atoms with Crippen molar-refractivity contribution in [3.63, 3.8) is 0 Å². The topological polar surface area (TPSA) is 115 Å². The molecule has 0 unspecified atom stereocenters. The number of anilines is 1. The van der Waals surface area contributed by atoms with E-state index in [4.69, 9.17) is 24.3 Å². The fourth-order valence-corrected chi connectivity index (χ4v) is 6.05. The lowest BCUT2D eigenvalue weighted by molar-refractivity contribution is -0.0639. The van der Waals surface area contributed by atoms with Crippen molar-refractivity contribution >= 4 is 13.4 Å². The number of nitrogen functional groups attached to an aromatic ring is 1. The molecule has 41 heavy (non-hydrogen) atoms. The average Bonchev–Trinajstić information content (AvgIpc) is 2.99. The predicted molar refractivity (Wildman–Crippen MR) is 159 cm³/mol. The third-order valence-corrected chi connectivity index (χ3v) is 8.21. The maximum absolute atomic E-state index is 13.2. The van der Waals surface area contributed by atoms with Crippen molar-refractivity contribution in [3.8, 4) is 0 Å². The van der Waals surface area contributed by atoms with Gasteiger partial charge in [0, 0.05) is 6.20 Å². The summed E-state index contributed by atoms with van der Waals surface area (Å²) >= 11 is 0. The van der Waals surface area contributed by atoms with E-state index in [-0.39, 0.29) is 38.5 Å². The van der Waals surface area contributed by atoms with Crippen LogP contribution in [0.25, 0.3) is 0 Å². The summed E-state index contributed by atoms with van der Waals surface area (Å²) in [6, 6.07) is 31.3. The maximum Gasteiger partial charge on any atom is 0.356 e. The van der Waals surface area contributed by atoms with Crippen molar-refractivity contribution < 1.29 is 23.1 Å². The molecule has 1 atom stereocenters. The molecular formula is C31H36N3O6P. The van der Waals surface area contributed by atoms with Gasteiger partial charge < -0.3 is 24.3 Å². The lowest BCUT2D eigenvalue weighted by atomic mass is 9.80. The van der Waals surface area contributed by atoms with Crippen LogP contribution in [0.15, 0.2) is 108 Å². The SMILES string of the molecule is CCOP(=O)(CO[C@H](COC(c1ccccc1)(c1ccccc1)c1ccccc1)Cn1ccc(N)nc1=O)OCC. The van der Waals surface area contributed by atoms with Crippen LogP contribution in [0.1, 0.15) is 30.5 Å².